The molecule has 0 atom stereocenters. The van der Waals surface area contributed by atoms with E-state index in [1.54, 1.807) is 45.4 Å². The molecule has 0 saturated carbocycles. The Kier molecular flexibility index (Phi) is 9.11. The van der Waals surface area contributed by atoms with E-state index in [9.17, 15) is 14.0 Å². The minimum atomic E-state index is -0.614. The van der Waals surface area contributed by atoms with Crippen LogP contribution in [0.3, 0.4) is 0 Å². The second kappa shape index (κ2) is 12.3. The van der Waals surface area contributed by atoms with Crippen LogP contribution in [0.4, 0.5) is 4.39 Å². The Labute approximate surface area is 215 Å². The van der Waals surface area contributed by atoms with Gasteiger partial charge in [-0.1, -0.05) is 37.4 Å². The summed E-state index contributed by atoms with van der Waals surface area (Å²) >= 11 is 0. The van der Waals surface area contributed by atoms with E-state index in [1.807, 2.05) is 18.2 Å². The summed E-state index contributed by atoms with van der Waals surface area (Å²) in [5.74, 6) is -1.19. The van der Waals surface area contributed by atoms with Gasteiger partial charge in [-0.25, -0.2) is 14.0 Å². The second-order valence-corrected chi connectivity index (χ2v) is 8.54. The highest BCUT2D eigenvalue weighted by Gasteiger charge is 2.17. The predicted molar refractivity (Wildman–Crippen MR) is 140 cm³/mol. The maximum absolute atomic E-state index is 14.8. The van der Waals surface area contributed by atoms with E-state index in [4.69, 9.17) is 18.9 Å². The van der Waals surface area contributed by atoms with Gasteiger partial charge in [0.1, 0.15) is 17.3 Å². The first-order valence-electron chi connectivity index (χ1n) is 11.4. The zero-order valence-electron chi connectivity index (χ0n) is 21.4. The number of ether oxygens (including phenoxy) is 4. The molecule has 6 nitrogen and oxygen atoms in total. The average molecular weight is 505 g/mol. The molecule has 0 spiro atoms. The Morgan fingerprint density at radius 3 is 1.81 bits per heavy atom. The van der Waals surface area contributed by atoms with Crippen molar-refractivity contribution in [3.8, 4) is 33.8 Å². The summed E-state index contributed by atoms with van der Waals surface area (Å²) in [5.41, 5.74) is 4.72. The second-order valence-electron chi connectivity index (χ2n) is 8.54. The van der Waals surface area contributed by atoms with E-state index < -0.39 is 17.8 Å². The Balaban J connectivity index is 1.96. The molecular formula is C30H29FO6. The third-order valence-electron chi connectivity index (χ3n) is 5.44. The van der Waals surface area contributed by atoms with Crippen LogP contribution in [-0.2, 0) is 32.3 Å². The Hall–Kier alpha value is -4.07. The number of methoxy groups -OCH3 is 2. The van der Waals surface area contributed by atoms with Gasteiger partial charge >= 0.3 is 11.9 Å². The Bertz CT molecular complexity index is 1340. The van der Waals surface area contributed by atoms with Gasteiger partial charge in [-0.05, 0) is 60.4 Å². The number of hydrogen-bond donors (Lipinski definition) is 0. The molecule has 3 aromatic rings. The molecule has 7 heteroatoms. The van der Waals surface area contributed by atoms with Gasteiger partial charge in [0, 0.05) is 42.6 Å². The number of carbonyl (C=O) groups is 2. The maximum atomic E-state index is 14.8. The third kappa shape index (κ3) is 6.78. The first kappa shape index (κ1) is 27.5. The van der Waals surface area contributed by atoms with Crippen LogP contribution >= 0.6 is 0 Å². The van der Waals surface area contributed by atoms with Crippen LogP contribution < -0.4 is 9.47 Å². The summed E-state index contributed by atoms with van der Waals surface area (Å²) in [5, 5.41) is 0. The van der Waals surface area contributed by atoms with E-state index >= 15 is 0 Å². The van der Waals surface area contributed by atoms with Crippen LogP contribution in [0.2, 0.25) is 0 Å². The number of halogens is 1. The summed E-state index contributed by atoms with van der Waals surface area (Å²) in [6.45, 7) is 10.8. The van der Waals surface area contributed by atoms with Crippen LogP contribution in [0, 0.1) is 5.82 Å². The highest BCUT2D eigenvalue weighted by atomic mass is 19.1. The molecule has 0 aliphatic carbocycles. The van der Waals surface area contributed by atoms with Gasteiger partial charge in [0.2, 0.25) is 0 Å². The average Bonchev–Trinajstić information content (AvgIpc) is 2.86. The van der Waals surface area contributed by atoms with Gasteiger partial charge in [-0.3, -0.25) is 0 Å². The maximum Gasteiger partial charge on any atom is 0.338 e. The summed E-state index contributed by atoms with van der Waals surface area (Å²) in [6, 6.07) is 15.2. The van der Waals surface area contributed by atoms with Gasteiger partial charge < -0.3 is 18.9 Å². The first-order chi connectivity index (χ1) is 17.6. The fourth-order valence-corrected chi connectivity index (χ4v) is 3.58. The monoisotopic (exact) mass is 504 g/mol. The minimum absolute atomic E-state index is 0.105. The molecule has 0 N–H and O–H groups in total. The molecule has 0 fully saturated rings. The van der Waals surface area contributed by atoms with Crippen LogP contribution in [0.15, 0.2) is 78.9 Å². The minimum Gasteiger partial charge on any atom is -0.423 e. The van der Waals surface area contributed by atoms with Crippen molar-refractivity contribution < 1.29 is 32.9 Å². The number of esters is 2. The zero-order valence-corrected chi connectivity index (χ0v) is 21.4. The summed E-state index contributed by atoms with van der Waals surface area (Å²) < 4.78 is 36.1. The summed E-state index contributed by atoms with van der Waals surface area (Å²) in [4.78, 5) is 23.8. The lowest BCUT2D eigenvalue weighted by Crippen LogP contribution is -2.11. The highest BCUT2D eigenvalue weighted by Crippen LogP contribution is 2.34. The number of carbonyl (C=O) groups excluding carboxylic acids is 2. The lowest BCUT2D eigenvalue weighted by Gasteiger charge is -2.17. The molecule has 3 rings (SSSR count). The third-order valence-corrected chi connectivity index (χ3v) is 5.44. The van der Waals surface area contributed by atoms with Gasteiger partial charge in [0.15, 0.2) is 0 Å². The summed E-state index contributed by atoms with van der Waals surface area (Å²) in [6.07, 6.45) is 0. The van der Waals surface area contributed by atoms with Crippen LogP contribution in [-0.4, -0.2) is 26.2 Å². The fraction of sp³-hybridized carbons (Fsp3) is 0.200. The van der Waals surface area contributed by atoms with Crippen LogP contribution in [0.1, 0.15) is 25.0 Å². The normalized spacial score (nSPS) is 10.6. The Morgan fingerprint density at radius 1 is 0.730 bits per heavy atom. The van der Waals surface area contributed by atoms with Gasteiger partial charge in [0.05, 0.1) is 13.2 Å². The van der Waals surface area contributed by atoms with Crippen molar-refractivity contribution in [1.29, 1.82) is 0 Å². The SMILES string of the molecule is C=C(C)C(=O)Oc1ccc(-c2ccc(-c3cc(COC)c(OC(=O)C(=C)C)cc3COC)cc2)c(F)c1. The summed E-state index contributed by atoms with van der Waals surface area (Å²) in [7, 11) is 3.14. The quantitative estimate of drug-likeness (QED) is 0.180. The predicted octanol–water partition coefficient (Wildman–Crippen LogP) is 6.42. The topological polar surface area (TPSA) is 71.1 Å². The molecule has 192 valence electrons. The molecule has 0 saturated heterocycles. The van der Waals surface area contributed by atoms with Crippen molar-refractivity contribution in [2.75, 3.05) is 14.2 Å². The van der Waals surface area contributed by atoms with Crippen molar-refractivity contribution in [2.45, 2.75) is 27.1 Å². The van der Waals surface area contributed by atoms with Crippen molar-refractivity contribution in [3.05, 3.63) is 95.8 Å². The smallest absolute Gasteiger partial charge is 0.338 e. The molecule has 0 aromatic heterocycles. The van der Waals surface area contributed by atoms with E-state index in [-0.39, 0.29) is 30.1 Å². The molecule has 0 unspecified atom stereocenters. The van der Waals surface area contributed by atoms with Gasteiger partial charge in [-0.15, -0.1) is 0 Å². The van der Waals surface area contributed by atoms with Crippen LogP contribution in [0.25, 0.3) is 22.3 Å². The molecular weight excluding hydrogens is 475 g/mol. The highest BCUT2D eigenvalue weighted by molar-refractivity contribution is 5.89. The van der Waals surface area contributed by atoms with E-state index in [0.29, 0.717) is 22.4 Å². The number of benzene rings is 3. The van der Waals surface area contributed by atoms with Crippen molar-refractivity contribution in [2.24, 2.45) is 0 Å². The molecule has 0 heterocycles. The fourth-order valence-electron chi connectivity index (χ4n) is 3.58. The molecule has 0 amide bonds. The molecule has 0 aliphatic heterocycles. The molecule has 0 radical (unpaired) electrons. The molecule has 0 bridgehead atoms. The first-order valence-corrected chi connectivity index (χ1v) is 11.4. The number of rotatable bonds is 10. The molecule has 0 aliphatic rings. The Morgan fingerprint density at radius 2 is 1.27 bits per heavy atom. The number of hydrogen-bond acceptors (Lipinski definition) is 6. The van der Waals surface area contributed by atoms with Crippen molar-refractivity contribution in [1.82, 2.24) is 0 Å². The van der Waals surface area contributed by atoms with Crippen molar-refractivity contribution in [3.63, 3.8) is 0 Å². The lowest BCUT2D eigenvalue weighted by atomic mass is 9.95. The zero-order chi connectivity index (χ0) is 27.1. The van der Waals surface area contributed by atoms with E-state index in [2.05, 4.69) is 13.2 Å². The van der Waals surface area contributed by atoms with Crippen LogP contribution in [0.5, 0.6) is 11.5 Å². The van der Waals surface area contributed by atoms with E-state index in [1.165, 1.54) is 19.1 Å². The molecule has 3 aromatic carbocycles. The van der Waals surface area contributed by atoms with Gasteiger partial charge in [-0.2, -0.15) is 0 Å². The standard InChI is InChI=1S/C30H29FO6/c1-18(2)29(32)36-24-11-12-25(27(31)15-24)20-7-9-21(10-8-20)26-13-23(17-35-6)28(14-22(26)16-34-5)37-30(33)19(3)4/h7-15H,1,3,16-17H2,2,4-6H3. The molecule has 37 heavy (non-hydrogen) atoms. The van der Waals surface area contributed by atoms with Crippen molar-refractivity contribution >= 4 is 11.9 Å². The largest absolute Gasteiger partial charge is 0.423 e. The lowest BCUT2D eigenvalue weighted by molar-refractivity contribution is -0.131. The van der Waals surface area contributed by atoms with Gasteiger partial charge in [0.25, 0.3) is 0 Å². The van der Waals surface area contributed by atoms with E-state index in [0.717, 1.165) is 16.7 Å².